The molecule has 0 fully saturated rings. The first-order valence-electron chi connectivity index (χ1n) is 6.34. The van der Waals surface area contributed by atoms with E-state index in [1.807, 2.05) is 27.7 Å². The summed E-state index contributed by atoms with van der Waals surface area (Å²) in [5.74, 6) is -0.623. The van der Waals surface area contributed by atoms with E-state index in [0.29, 0.717) is 5.56 Å². The number of hydrogen-bond acceptors (Lipinski definition) is 2. The van der Waals surface area contributed by atoms with Crippen molar-refractivity contribution in [3.63, 3.8) is 0 Å². The van der Waals surface area contributed by atoms with Gasteiger partial charge in [-0.25, -0.2) is 12.8 Å². The monoisotopic (exact) mass is 321 g/mol. The zero-order chi connectivity index (χ0) is 15.7. The Labute approximate surface area is 125 Å². The first-order valence-corrected chi connectivity index (χ1v) is 8.31. The molecule has 1 atom stereocenters. The summed E-state index contributed by atoms with van der Waals surface area (Å²) < 4.78 is 40.2. The minimum atomic E-state index is -3.86. The van der Waals surface area contributed by atoms with Gasteiger partial charge < -0.3 is 0 Å². The predicted octanol–water partition coefficient (Wildman–Crippen LogP) is 3.62. The van der Waals surface area contributed by atoms with Crippen molar-refractivity contribution in [2.45, 2.75) is 44.5 Å². The molecule has 1 unspecified atom stereocenters. The van der Waals surface area contributed by atoms with Crippen LogP contribution in [0, 0.1) is 11.2 Å². The van der Waals surface area contributed by atoms with Crippen molar-refractivity contribution in [3.8, 4) is 0 Å². The fraction of sp³-hybridized carbons (Fsp3) is 0.571. The van der Waals surface area contributed by atoms with Gasteiger partial charge in [0.1, 0.15) is 10.7 Å². The second kappa shape index (κ2) is 6.00. The fourth-order valence-corrected chi connectivity index (χ4v) is 3.50. The largest absolute Gasteiger partial charge is 0.245 e. The molecule has 0 amide bonds. The molecule has 6 heteroatoms. The summed E-state index contributed by atoms with van der Waals surface area (Å²) >= 11 is 5.61. The summed E-state index contributed by atoms with van der Waals surface area (Å²) in [7, 11) is -2.39. The van der Waals surface area contributed by atoms with Crippen LogP contribution in [-0.4, -0.2) is 25.8 Å². The first-order chi connectivity index (χ1) is 9.01. The predicted molar refractivity (Wildman–Crippen MR) is 79.8 cm³/mol. The molecule has 0 saturated carbocycles. The van der Waals surface area contributed by atoms with E-state index in [0.717, 1.165) is 6.07 Å². The van der Waals surface area contributed by atoms with E-state index in [9.17, 15) is 12.8 Å². The van der Waals surface area contributed by atoms with Crippen LogP contribution in [0.15, 0.2) is 23.1 Å². The van der Waals surface area contributed by atoms with Gasteiger partial charge in [0.15, 0.2) is 0 Å². The van der Waals surface area contributed by atoms with Gasteiger partial charge in [-0.1, -0.05) is 26.8 Å². The third-order valence-electron chi connectivity index (χ3n) is 3.61. The third kappa shape index (κ3) is 3.51. The second-order valence-corrected chi connectivity index (χ2v) is 8.19. The van der Waals surface area contributed by atoms with Crippen molar-refractivity contribution in [2.24, 2.45) is 5.41 Å². The highest BCUT2D eigenvalue weighted by Gasteiger charge is 2.33. The lowest BCUT2D eigenvalue weighted by molar-refractivity contribution is 0.216. The van der Waals surface area contributed by atoms with Gasteiger partial charge in [-0.05, 0) is 30.0 Å². The Morgan fingerprint density at radius 3 is 2.30 bits per heavy atom. The smallest absolute Gasteiger partial charge is 0.207 e. The summed E-state index contributed by atoms with van der Waals surface area (Å²) in [6, 6.07) is 3.70. The molecule has 1 aromatic carbocycles. The standard InChI is InChI=1S/C14H21ClFNO2S/c1-10(14(2,3)4)17(5)20(18,19)13-7-6-11(9-15)8-12(13)16/h6-8,10H,9H2,1-5H3. The molecule has 0 aromatic heterocycles. The van der Waals surface area contributed by atoms with Crippen LogP contribution in [0.4, 0.5) is 4.39 Å². The van der Waals surface area contributed by atoms with E-state index in [2.05, 4.69) is 0 Å². The molecule has 0 aliphatic carbocycles. The van der Waals surface area contributed by atoms with E-state index >= 15 is 0 Å². The number of sulfonamides is 1. The van der Waals surface area contributed by atoms with Crippen LogP contribution < -0.4 is 0 Å². The van der Waals surface area contributed by atoms with Crippen molar-refractivity contribution < 1.29 is 12.8 Å². The molecule has 0 heterocycles. The Balaban J connectivity index is 3.24. The van der Waals surface area contributed by atoms with Gasteiger partial charge >= 0.3 is 0 Å². The molecule has 0 radical (unpaired) electrons. The SMILES string of the molecule is CC(N(C)S(=O)(=O)c1ccc(CCl)cc1F)C(C)(C)C. The third-order valence-corrected chi connectivity index (χ3v) is 5.88. The molecule has 0 aliphatic heterocycles. The number of hydrogen-bond donors (Lipinski definition) is 0. The summed E-state index contributed by atoms with van der Waals surface area (Å²) in [6.07, 6.45) is 0. The number of halogens is 2. The Morgan fingerprint density at radius 2 is 1.90 bits per heavy atom. The molecule has 1 aromatic rings. The Kier molecular flexibility index (Phi) is 5.22. The minimum absolute atomic E-state index is 0.144. The van der Waals surface area contributed by atoms with Crippen molar-refractivity contribution in [2.75, 3.05) is 7.05 Å². The Bertz CT molecular complexity index is 581. The second-order valence-electron chi connectivity index (χ2n) is 5.96. The number of nitrogens with zero attached hydrogens (tertiary/aromatic N) is 1. The molecule has 20 heavy (non-hydrogen) atoms. The van der Waals surface area contributed by atoms with E-state index < -0.39 is 15.8 Å². The van der Waals surface area contributed by atoms with E-state index in [4.69, 9.17) is 11.6 Å². The van der Waals surface area contributed by atoms with Gasteiger partial charge in [0, 0.05) is 19.0 Å². The zero-order valence-electron chi connectivity index (χ0n) is 12.4. The molecule has 0 spiro atoms. The molecule has 114 valence electrons. The minimum Gasteiger partial charge on any atom is -0.207 e. The van der Waals surface area contributed by atoms with Crippen LogP contribution in [0.5, 0.6) is 0 Å². The summed E-state index contributed by atoms with van der Waals surface area (Å²) in [4.78, 5) is -0.315. The molecule has 0 aliphatic rings. The van der Waals surface area contributed by atoms with Crippen LogP contribution in [0.3, 0.4) is 0 Å². The topological polar surface area (TPSA) is 37.4 Å². The van der Waals surface area contributed by atoms with Gasteiger partial charge in [0.2, 0.25) is 10.0 Å². The van der Waals surface area contributed by atoms with E-state index in [1.165, 1.54) is 23.5 Å². The van der Waals surface area contributed by atoms with Gasteiger partial charge in [-0.15, -0.1) is 11.6 Å². The summed E-state index contributed by atoms with van der Waals surface area (Å²) in [6.45, 7) is 7.63. The average Bonchev–Trinajstić information content (AvgIpc) is 2.35. The fourth-order valence-electron chi connectivity index (χ4n) is 1.75. The number of rotatable bonds is 4. The van der Waals surface area contributed by atoms with Crippen molar-refractivity contribution >= 4 is 21.6 Å². The summed E-state index contributed by atoms with van der Waals surface area (Å²) in [5, 5.41) is 0. The summed E-state index contributed by atoms with van der Waals surface area (Å²) in [5.41, 5.74) is 0.309. The van der Waals surface area contributed by atoms with Crippen LogP contribution in [0.2, 0.25) is 0 Å². The zero-order valence-corrected chi connectivity index (χ0v) is 14.0. The Hall–Kier alpha value is -0.650. The van der Waals surface area contributed by atoms with Crippen LogP contribution in [0.25, 0.3) is 0 Å². The lowest BCUT2D eigenvalue weighted by Gasteiger charge is -2.34. The highest BCUT2D eigenvalue weighted by molar-refractivity contribution is 7.89. The molecular weight excluding hydrogens is 301 g/mol. The molecule has 3 nitrogen and oxygen atoms in total. The molecule has 0 N–H and O–H groups in total. The number of alkyl halides is 1. The first kappa shape index (κ1) is 17.4. The van der Waals surface area contributed by atoms with Crippen LogP contribution in [0.1, 0.15) is 33.3 Å². The molecule has 1 rings (SSSR count). The van der Waals surface area contributed by atoms with Crippen LogP contribution in [-0.2, 0) is 15.9 Å². The van der Waals surface area contributed by atoms with Gasteiger partial charge in [-0.3, -0.25) is 0 Å². The van der Waals surface area contributed by atoms with Crippen molar-refractivity contribution in [1.82, 2.24) is 4.31 Å². The molecular formula is C14H21ClFNO2S. The maximum absolute atomic E-state index is 14.0. The maximum Gasteiger partial charge on any atom is 0.245 e. The Morgan fingerprint density at radius 1 is 1.35 bits per heavy atom. The van der Waals surface area contributed by atoms with E-state index in [-0.39, 0.29) is 22.2 Å². The average molecular weight is 322 g/mol. The van der Waals surface area contributed by atoms with Crippen molar-refractivity contribution in [1.29, 1.82) is 0 Å². The van der Waals surface area contributed by atoms with Gasteiger partial charge in [-0.2, -0.15) is 4.31 Å². The van der Waals surface area contributed by atoms with Crippen molar-refractivity contribution in [3.05, 3.63) is 29.6 Å². The normalized spacial score (nSPS) is 14.6. The highest BCUT2D eigenvalue weighted by Crippen LogP contribution is 2.28. The lowest BCUT2D eigenvalue weighted by Crippen LogP contribution is -2.43. The molecule has 0 bridgehead atoms. The lowest BCUT2D eigenvalue weighted by atomic mass is 9.88. The number of benzene rings is 1. The van der Waals surface area contributed by atoms with E-state index in [1.54, 1.807) is 0 Å². The van der Waals surface area contributed by atoms with Gasteiger partial charge in [0.25, 0.3) is 0 Å². The maximum atomic E-state index is 14.0. The highest BCUT2D eigenvalue weighted by atomic mass is 35.5. The molecule has 0 saturated heterocycles. The van der Waals surface area contributed by atoms with Gasteiger partial charge in [0.05, 0.1) is 0 Å². The quantitative estimate of drug-likeness (QED) is 0.794. The van der Waals surface area contributed by atoms with Crippen LogP contribution >= 0.6 is 11.6 Å².